The molecule has 0 fully saturated rings. The minimum Gasteiger partial charge on any atom is -0.464 e. The van der Waals surface area contributed by atoms with Crippen LogP contribution in [0, 0.1) is 6.92 Å². The number of esters is 1. The molecule has 0 aromatic carbocycles. The second-order valence-corrected chi connectivity index (χ2v) is 3.34. The van der Waals surface area contributed by atoms with E-state index in [0.717, 1.165) is 0 Å². The minimum absolute atomic E-state index is 0.0154. The number of carbonyl (C=O) groups is 1. The molecular weight excluding hydrogens is 259 g/mol. The molecule has 0 aliphatic rings. The number of nitrogens with zero attached hydrogens (tertiary/aromatic N) is 2. The maximum absolute atomic E-state index is 11.1. The summed E-state index contributed by atoms with van der Waals surface area (Å²) in [6, 6.07) is 0. The summed E-state index contributed by atoms with van der Waals surface area (Å²) in [5.74, 6) is -0.599. The van der Waals surface area contributed by atoms with Gasteiger partial charge in [0.25, 0.3) is 0 Å². The number of hydrogen-bond acceptors (Lipinski definition) is 4. The summed E-state index contributed by atoms with van der Waals surface area (Å²) >= 11 is 8.82. The Morgan fingerprint density at radius 2 is 2.15 bits per heavy atom. The number of hydrogen-bond donors (Lipinski definition) is 0. The van der Waals surface area contributed by atoms with E-state index >= 15 is 0 Å². The fourth-order valence-corrected chi connectivity index (χ4v) is 1.21. The van der Waals surface area contributed by atoms with Crippen LogP contribution in [0.4, 0.5) is 0 Å². The third-order valence-corrected chi connectivity index (χ3v) is 2.36. The van der Waals surface area contributed by atoms with Crippen molar-refractivity contribution in [1.29, 1.82) is 0 Å². The topological polar surface area (TPSA) is 52.1 Å². The van der Waals surface area contributed by atoms with Crippen LogP contribution >= 0.6 is 27.5 Å². The van der Waals surface area contributed by atoms with Crippen molar-refractivity contribution in [3.8, 4) is 0 Å². The normalized spacial score (nSPS) is 9.85. The molecular formula is C7H6BrClN2O2. The van der Waals surface area contributed by atoms with Gasteiger partial charge in [0, 0.05) is 0 Å². The van der Waals surface area contributed by atoms with E-state index in [1.54, 1.807) is 6.92 Å². The monoisotopic (exact) mass is 264 g/mol. The first-order chi connectivity index (χ1) is 6.06. The SMILES string of the molecule is COC(=O)c1nc(Br)c(C)nc1Cl. The van der Waals surface area contributed by atoms with Crippen LogP contribution in [0.15, 0.2) is 4.60 Å². The Labute approximate surface area is 88.4 Å². The summed E-state index contributed by atoms with van der Waals surface area (Å²) < 4.78 is 4.95. The van der Waals surface area contributed by atoms with E-state index in [4.69, 9.17) is 11.6 Å². The molecule has 0 aliphatic heterocycles. The van der Waals surface area contributed by atoms with Gasteiger partial charge in [-0.15, -0.1) is 0 Å². The van der Waals surface area contributed by atoms with Gasteiger partial charge in [0.2, 0.25) is 0 Å². The van der Waals surface area contributed by atoms with Crippen LogP contribution in [0.25, 0.3) is 0 Å². The standard InChI is InChI=1S/C7H6BrClN2O2/c1-3-5(8)11-4(6(9)10-3)7(12)13-2/h1-2H3. The van der Waals surface area contributed by atoms with Gasteiger partial charge in [-0.3, -0.25) is 0 Å². The van der Waals surface area contributed by atoms with Gasteiger partial charge in [0.15, 0.2) is 10.8 Å². The Bertz CT molecular complexity index is 357. The summed E-state index contributed by atoms with van der Waals surface area (Å²) in [5, 5.41) is 0.0487. The Morgan fingerprint density at radius 3 is 2.69 bits per heavy atom. The highest BCUT2D eigenvalue weighted by molar-refractivity contribution is 9.10. The summed E-state index contributed by atoms with van der Waals surface area (Å²) in [4.78, 5) is 18.9. The summed E-state index contributed by atoms with van der Waals surface area (Å²) in [5.41, 5.74) is 0.638. The lowest BCUT2D eigenvalue weighted by atomic mass is 10.4. The maximum atomic E-state index is 11.1. The molecule has 0 N–H and O–H groups in total. The molecule has 0 radical (unpaired) electrons. The molecule has 1 aromatic heterocycles. The van der Waals surface area contributed by atoms with Gasteiger partial charge in [0.05, 0.1) is 12.8 Å². The van der Waals surface area contributed by atoms with Crippen molar-refractivity contribution in [3.63, 3.8) is 0 Å². The van der Waals surface area contributed by atoms with Crippen LogP contribution in [-0.2, 0) is 4.74 Å². The lowest BCUT2D eigenvalue weighted by Crippen LogP contribution is -2.07. The van der Waals surface area contributed by atoms with E-state index < -0.39 is 5.97 Å². The Balaban J connectivity index is 3.23. The van der Waals surface area contributed by atoms with Crippen LogP contribution in [-0.4, -0.2) is 23.0 Å². The molecule has 0 saturated heterocycles. The predicted molar refractivity (Wildman–Crippen MR) is 50.8 cm³/mol. The highest BCUT2D eigenvalue weighted by atomic mass is 79.9. The van der Waals surface area contributed by atoms with E-state index in [0.29, 0.717) is 10.3 Å². The smallest absolute Gasteiger partial charge is 0.359 e. The van der Waals surface area contributed by atoms with Crippen LogP contribution in [0.1, 0.15) is 16.2 Å². The molecule has 0 unspecified atom stereocenters. The number of aromatic nitrogens is 2. The molecule has 1 aromatic rings. The number of aryl methyl sites for hydroxylation is 1. The molecule has 1 heterocycles. The Hall–Kier alpha value is -0.680. The molecule has 4 nitrogen and oxygen atoms in total. The van der Waals surface area contributed by atoms with Crippen molar-refractivity contribution >= 4 is 33.5 Å². The lowest BCUT2D eigenvalue weighted by Gasteiger charge is -2.02. The molecule has 70 valence electrons. The van der Waals surface area contributed by atoms with Crippen molar-refractivity contribution in [3.05, 3.63) is 21.1 Å². The van der Waals surface area contributed by atoms with Gasteiger partial charge in [-0.2, -0.15) is 0 Å². The quantitative estimate of drug-likeness (QED) is 0.729. The van der Waals surface area contributed by atoms with Crippen LogP contribution < -0.4 is 0 Å². The van der Waals surface area contributed by atoms with Gasteiger partial charge in [-0.05, 0) is 22.9 Å². The molecule has 1 rings (SSSR count). The fourth-order valence-electron chi connectivity index (χ4n) is 0.698. The van der Waals surface area contributed by atoms with Gasteiger partial charge < -0.3 is 4.74 Å². The number of carbonyl (C=O) groups excluding carboxylic acids is 1. The van der Waals surface area contributed by atoms with E-state index in [9.17, 15) is 4.79 Å². The molecule has 0 spiro atoms. The highest BCUT2D eigenvalue weighted by Gasteiger charge is 2.15. The third kappa shape index (κ3) is 2.16. The second-order valence-electron chi connectivity index (χ2n) is 2.23. The van der Waals surface area contributed by atoms with Gasteiger partial charge in [-0.25, -0.2) is 14.8 Å². The predicted octanol–water partition coefficient (Wildman–Crippen LogP) is 1.99. The zero-order chi connectivity index (χ0) is 10.0. The largest absolute Gasteiger partial charge is 0.464 e. The lowest BCUT2D eigenvalue weighted by molar-refractivity contribution is 0.0593. The molecule has 6 heteroatoms. The van der Waals surface area contributed by atoms with Crippen molar-refractivity contribution in [2.75, 3.05) is 7.11 Å². The maximum Gasteiger partial charge on any atom is 0.359 e. The summed E-state index contributed by atoms with van der Waals surface area (Å²) in [6.45, 7) is 1.73. The molecule has 0 atom stereocenters. The molecule has 0 saturated carbocycles. The zero-order valence-corrected chi connectivity index (χ0v) is 9.31. The minimum atomic E-state index is -0.599. The first kappa shape index (κ1) is 10.4. The molecule has 0 aliphatic carbocycles. The third-order valence-electron chi connectivity index (χ3n) is 1.35. The van der Waals surface area contributed by atoms with Gasteiger partial charge in [-0.1, -0.05) is 11.6 Å². The molecule has 0 amide bonds. The number of rotatable bonds is 1. The van der Waals surface area contributed by atoms with Crippen LogP contribution in [0.3, 0.4) is 0 Å². The van der Waals surface area contributed by atoms with E-state index in [-0.39, 0.29) is 10.8 Å². The molecule has 0 bridgehead atoms. The average Bonchev–Trinajstić information content (AvgIpc) is 2.10. The van der Waals surface area contributed by atoms with Crippen LogP contribution in [0.5, 0.6) is 0 Å². The molecule has 13 heavy (non-hydrogen) atoms. The number of ether oxygens (including phenoxy) is 1. The summed E-state index contributed by atoms with van der Waals surface area (Å²) in [7, 11) is 1.26. The Morgan fingerprint density at radius 1 is 1.54 bits per heavy atom. The highest BCUT2D eigenvalue weighted by Crippen LogP contribution is 2.18. The average molecular weight is 265 g/mol. The van der Waals surface area contributed by atoms with Crippen LogP contribution in [0.2, 0.25) is 5.15 Å². The fraction of sp³-hybridized carbons (Fsp3) is 0.286. The van der Waals surface area contributed by atoms with E-state index in [2.05, 4.69) is 30.6 Å². The van der Waals surface area contributed by atoms with Gasteiger partial charge >= 0.3 is 5.97 Å². The number of halogens is 2. The van der Waals surface area contributed by atoms with E-state index in [1.807, 2.05) is 0 Å². The second kappa shape index (κ2) is 4.02. The van der Waals surface area contributed by atoms with Crippen molar-refractivity contribution in [2.24, 2.45) is 0 Å². The number of methoxy groups -OCH3 is 1. The van der Waals surface area contributed by atoms with E-state index in [1.165, 1.54) is 7.11 Å². The van der Waals surface area contributed by atoms with Crippen molar-refractivity contribution in [1.82, 2.24) is 9.97 Å². The Kier molecular flexibility index (Phi) is 3.22. The first-order valence-electron chi connectivity index (χ1n) is 3.34. The first-order valence-corrected chi connectivity index (χ1v) is 4.51. The van der Waals surface area contributed by atoms with Gasteiger partial charge in [0.1, 0.15) is 4.60 Å². The zero-order valence-electron chi connectivity index (χ0n) is 6.97. The summed E-state index contributed by atoms with van der Waals surface area (Å²) in [6.07, 6.45) is 0. The van der Waals surface area contributed by atoms with Crippen molar-refractivity contribution < 1.29 is 9.53 Å². The van der Waals surface area contributed by atoms with Crippen molar-refractivity contribution in [2.45, 2.75) is 6.92 Å².